The minimum absolute atomic E-state index is 0.274. The van der Waals surface area contributed by atoms with Crippen LogP contribution in [-0.2, 0) is 14.8 Å². The highest BCUT2D eigenvalue weighted by molar-refractivity contribution is 7.89. The molecular weight excluding hydrogens is 358 g/mol. The van der Waals surface area contributed by atoms with Crippen LogP contribution in [0.15, 0.2) is 47.4 Å². The fourth-order valence-electron chi connectivity index (χ4n) is 2.60. The van der Waals surface area contributed by atoms with Crippen LogP contribution in [0.5, 0.6) is 0 Å². The maximum absolute atomic E-state index is 12.6. The normalized spacial score (nSPS) is 16.4. The lowest BCUT2D eigenvalue weighted by Gasteiger charge is -2.15. The Morgan fingerprint density at radius 2 is 2.04 bits per heavy atom. The van der Waals surface area contributed by atoms with Gasteiger partial charge in [0, 0.05) is 19.2 Å². The molecule has 3 rings (SSSR count). The number of benzene rings is 1. The largest absolute Gasteiger partial charge is 0.298 e. The van der Waals surface area contributed by atoms with E-state index in [0.717, 1.165) is 17.5 Å². The number of allylic oxidation sites excluding steroid dienone is 3. The Morgan fingerprint density at radius 3 is 2.76 bits per heavy atom. The molecule has 1 fully saturated rings. The Balaban J connectivity index is 1.83. The fraction of sp³-hybridized carbons (Fsp3) is 0.294. The summed E-state index contributed by atoms with van der Waals surface area (Å²) in [6.45, 7) is 3.01. The summed E-state index contributed by atoms with van der Waals surface area (Å²) in [5.41, 5.74) is 0.665. The topological polar surface area (TPSA) is 79.4 Å². The third kappa shape index (κ3) is 3.97. The molecule has 0 bridgehead atoms. The van der Waals surface area contributed by atoms with Gasteiger partial charge in [-0.05, 0) is 38.0 Å². The number of aromatic nitrogens is 1. The zero-order chi connectivity index (χ0) is 17.9. The summed E-state index contributed by atoms with van der Waals surface area (Å²) in [4.78, 5) is 16.4. The van der Waals surface area contributed by atoms with E-state index < -0.39 is 10.0 Å². The van der Waals surface area contributed by atoms with E-state index in [1.807, 2.05) is 13.0 Å². The van der Waals surface area contributed by atoms with Gasteiger partial charge in [-0.25, -0.2) is 13.4 Å². The first-order chi connectivity index (χ1) is 12.0. The molecule has 8 heteroatoms. The highest BCUT2D eigenvalue weighted by Crippen LogP contribution is 2.30. The summed E-state index contributed by atoms with van der Waals surface area (Å²) in [6.07, 6.45) is 8.44. The maximum Gasteiger partial charge on any atom is 0.250 e. The summed E-state index contributed by atoms with van der Waals surface area (Å²) in [6, 6.07) is 4.89. The van der Waals surface area contributed by atoms with Crippen LogP contribution in [0.3, 0.4) is 0 Å². The molecular formula is C17H19N3O3S2. The SMILES string of the molecule is C/C=C/C=C/C(=O)Nc1nc2ccc(S(=O)(=O)N3CCCC3)cc2s1. The summed E-state index contributed by atoms with van der Waals surface area (Å²) in [5.74, 6) is -0.276. The second-order valence-corrected chi connectivity index (χ2v) is 8.60. The van der Waals surface area contributed by atoms with E-state index in [4.69, 9.17) is 0 Å². The van der Waals surface area contributed by atoms with Crippen molar-refractivity contribution in [2.24, 2.45) is 0 Å². The van der Waals surface area contributed by atoms with Gasteiger partial charge in [0.15, 0.2) is 5.13 Å². The highest BCUT2D eigenvalue weighted by atomic mass is 32.2. The zero-order valence-corrected chi connectivity index (χ0v) is 15.4. The van der Waals surface area contributed by atoms with Crippen molar-refractivity contribution in [3.63, 3.8) is 0 Å². The van der Waals surface area contributed by atoms with Crippen molar-refractivity contribution in [3.8, 4) is 0 Å². The van der Waals surface area contributed by atoms with Crippen molar-refractivity contribution in [1.29, 1.82) is 0 Å². The minimum atomic E-state index is -3.45. The predicted octanol–water partition coefficient (Wildman–Crippen LogP) is 3.15. The van der Waals surface area contributed by atoms with E-state index >= 15 is 0 Å². The second kappa shape index (κ2) is 7.47. The smallest absolute Gasteiger partial charge is 0.250 e. The molecule has 2 aromatic rings. The number of thiazole rings is 1. The summed E-state index contributed by atoms with van der Waals surface area (Å²) in [7, 11) is -3.45. The number of anilines is 1. The third-order valence-electron chi connectivity index (χ3n) is 3.84. The number of fused-ring (bicyclic) bond motifs is 1. The molecule has 0 unspecified atom stereocenters. The van der Waals surface area contributed by atoms with Crippen LogP contribution in [0.1, 0.15) is 19.8 Å². The van der Waals surface area contributed by atoms with Crippen LogP contribution in [0.2, 0.25) is 0 Å². The van der Waals surface area contributed by atoms with Crippen LogP contribution in [0.4, 0.5) is 5.13 Å². The molecule has 6 nitrogen and oxygen atoms in total. The average molecular weight is 377 g/mol. The Morgan fingerprint density at radius 1 is 1.28 bits per heavy atom. The number of hydrogen-bond acceptors (Lipinski definition) is 5. The van der Waals surface area contributed by atoms with Gasteiger partial charge in [0.05, 0.1) is 15.1 Å². The predicted molar refractivity (Wildman–Crippen MR) is 100 cm³/mol. The number of carbonyl (C=O) groups excluding carboxylic acids is 1. The molecule has 2 heterocycles. The van der Waals surface area contributed by atoms with Gasteiger partial charge in [0.2, 0.25) is 15.9 Å². The minimum Gasteiger partial charge on any atom is -0.298 e. The molecule has 25 heavy (non-hydrogen) atoms. The molecule has 0 saturated carbocycles. The van der Waals surface area contributed by atoms with Crippen molar-refractivity contribution < 1.29 is 13.2 Å². The van der Waals surface area contributed by atoms with Crippen LogP contribution in [-0.4, -0.2) is 36.7 Å². The summed E-state index contributed by atoms with van der Waals surface area (Å²) < 4.78 is 27.5. The molecule has 0 atom stereocenters. The maximum atomic E-state index is 12.6. The molecule has 1 aliphatic rings. The number of sulfonamides is 1. The van der Waals surface area contributed by atoms with Crippen molar-refractivity contribution in [1.82, 2.24) is 9.29 Å². The molecule has 0 spiro atoms. The molecule has 0 radical (unpaired) electrons. The van der Waals surface area contributed by atoms with Crippen molar-refractivity contribution >= 4 is 42.6 Å². The van der Waals surface area contributed by atoms with Crippen LogP contribution >= 0.6 is 11.3 Å². The number of rotatable bonds is 5. The average Bonchev–Trinajstić information content (AvgIpc) is 3.23. The zero-order valence-electron chi connectivity index (χ0n) is 13.8. The van der Waals surface area contributed by atoms with E-state index in [-0.39, 0.29) is 10.8 Å². The quantitative estimate of drug-likeness (QED) is 0.641. The van der Waals surface area contributed by atoms with Gasteiger partial charge in [-0.15, -0.1) is 0 Å². The summed E-state index contributed by atoms with van der Waals surface area (Å²) in [5, 5.41) is 3.14. The number of nitrogens with one attached hydrogen (secondary N) is 1. The van der Waals surface area contributed by atoms with Crippen molar-refractivity contribution in [2.75, 3.05) is 18.4 Å². The van der Waals surface area contributed by atoms with Gasteiger partial charge in [-0.1, -0.05) is 29.6 Å². The second-order valence-electron chi connectivity index (χ2n) is 5.63. The van der Waals surface area contributed by atoms with Gasteiger partial charge in [0.1, 0.15) is 0 Å². The summed E-state index contributed by atoms with van der Waals surface area (Å²) >= 11 is 1.26. The van der Waals surface area contributed by atoms with E-state index in [1.54, 1.807) is 30.4 Å². The molecule has 1 N–H and O–H groups in total. The lowest BCUT2D eigenvalue weighted by Crippen LogP contribution is -2.27. The highest BCUT2D eigenvalue weighted by Gasteiger charge is 2.27. The van der Waals surface area contributed by atoms with Gasteiger partial charge in [-0.2, -0.15) is 4.31 Å². The van der Waals surface area contributed by atoms with Gasteiger partial charge >= 0.3 is 0 Å². The van der Waals surface area contributed by atoms with Crippen LogP contribution < -0.4 is 5.32 Å². The first-order valence-electron chi connectivity index (χ1n) is 8.02. The lowest BCUT2D eigenvalue weighted by molar-refractivity contribution is -0.111. The number of hydrogen-bond donors (Lipinski definition) is 1. The van der Waals surface area contributed by atoms with Gasteiger partial charge < -0.3 is 0 Å². The van der Waals surface area contributed by atoms with E-state index in [2.05, 4.69) is 10.3 Å². The van der Waals surface area contributed by atoms with Gasteiger partial charge in [0.25, 0.3) is 0 Å². The number of carbonyl (C=O) groups is 1. The molecule has 132 valence electrons. The molecule has 1 amide bonds. The Hall–Kier alpha value is -2.03. The monoisotopic (exact) mass is 377 g/mol. The number of amides is 1. The van der Waals surface area contributed by atoms with E-state index in [9.17, 15) is 13.2 Å². The van der Waals surface area contributed by atoms with Crippen molar-refractivity contribution in [3.05, 3.63) is 42.5 Å². The molecule has 1 saturated heterocycles. The molecule has 1 aromatic heterocycles. The van der Waals surface area contributed by atoms with E-state index in [0.29, 0.717) is 23.7 Å². The first kappa shape index (κ1) is 17.8. The Kier molecular flexibility index (Phi) is 5.31. The Bertz CT molecular complexity index is 939. The lowest BCUT2D eigenvalue weighted by atomic mass is 10.3. The molecule has 0 aliphatic carbocycles. The fourth-order valence-corrected chi connectivity index (χ4v) is 5.12. The van der Waals surface area contributed by atoms with E-state index in [1.165, 1.54) is 21.7 Å². The molecule has 1 aliphatic heterocycles. The number of nitrogens with zero attached hydrogens (tertiary/aromatic N) is 2. The third-order valence-corrected chi connectivity index (χ3v) is 6.67. The van der Waals surface area contributed by atoms with Crippen LogP contribution in [0, 0.1) is 0 Å². The standard InChI is InChI=1S/C17H19N3O3S2/c1-2-3-4-7-16(21)19-17-18-14-9-8-13(12-15(14)24-17)25(22,23)20-10-5-6-11-20/h2-4,7-9,12H,5-6,10-11H2,1H3,(H,18,19,21)/b3-2+,7-4+. The Labute approximate surface area is 150 Å². The van der Waals surface area contributed by atoms with Crippen LogP contribution in [0.25, 0.3) is 10.2 Å². The first-order valence-corrected chi connectivity index (χ1v) is 10.3. The van der Waals surface area contributed by atoms with Gasteiger partial charge in [-0.3, -0.25) is 10.1 Å². The molecule has 1 aromatic carbocycles. The van der Waals surface area contributed by atoms with Crippen molar-refractivity contribution in [2.45, 2.75) is 24.7 Å².